The van der Waals surface area contributed by atoms with Gasteiger partial charge in [0.2, 0.25) is 0 Å². The van der Waals surface area contributed by atoms with E-state index in [0.29, 0.717) is 11.3 Å². The molecule has 0 radical (unpaired) electrons. The maximum absolute atomic E-state index is 9.89. The quantitative estimate of drug-likeness (QED) is 0.675. The summed E-state index contributed by atoms with van der Waals surface area (Å²) in [4.78, 5) is 4.31. The van der Waals surface area contributed by atoms with Gasteiger partial charge in [-0.2, -0.15) is 0 Å². The van der Waals surface area contributed by atoms with Crippen LogP contribution in [0.1, 0.15) is 5.56 Å². The molecule has 2 aromatic rings. The Morgan fingerprint density at radius 3 is 2.56 bits per heavy atom. The Kier molecular flexibility index (Phi) is 4.19. The third-order valence-corrected chi connectivity index (χ3v) is 3.15. The number of nitrogens with zero attached hydrogens (tertiary/aromatic N) is 1. The molecule has 0 aliphatic carbocycles. The van der Waals surface area contributed by atoms with Gasteiger partial charge in [-0.05, 0) is 59.0 Å². The largest absolute Gasteiger partial charge is 0.504 e. The number of methoxy groups -OCH3 is 1. The molecule has 2 rings (SSSR count). The minimum absolute atomic E-state index is 0.106. The van der Waals surface area contributed by atoms with Crippen LogP contribution in [0.15, 0.2) is 47.5 Å². The van der Waals surface area contributed by atoms with Crippen molar-refractivity contribution in [2.24, 2.45) is 4.99 Å². The number of halogens is 1. The average Bonchev–Trinajstić information content (AvgIpc) is 2.39. The molecule has 0 spiro atoms. The van der Waals surface area contributed by atoms with E-state index in [-0.39, 0.29) is 5.75 Å². The number of rotatable bonds is 3. The van der Waals surface area contributed by atoms with Crippen LogP contribution in [0.3, 0.4) is 0 Å². The van der Waals surface area contributed by atoms with Gasteiger partial charge in [-0.15, -0.1) is 0 Å². The van der Waals surface area contributed by atoms with E-state index < -0.39 is 0 Å². The summed E-state index contributed by atoms with van der Waals surface area (Å²) in [5, 5.41) is 9.89. The van der Waals surface area contributed by atoms with Gasteiger partial charge in [0.25, 0.3) is 0 Å². The van der Waals surface area contributed by atoms with Gasteiger partial charge in [0.15, 0.2) is 11.5 Å². The molecule has 18 heavy (non-hydrogen) atoms. The molecule has 92 valence electrons. The maximum Gasteiger partial charge on any atom is 0.166 e. The molecule has 0 aliphatic rings. The smallest absolute Gasteiger partial charge is 0.166 e. The first-order valence-electron chi connectivity index (χ1n) is 5.36. The Bertz CT molecular complexity index is 565. The predicted molar refractivity (Wildman–Crippen MR) is 81.1 cm³/mol. The SMILES string of the molecule is COc1cccc(C=Nc2ccc(I)cc2)c1O. The number of para-hydroxylation sites is 1. The summed E-state index contributed by atoms with van der Waals surface area (Å²) in [6.45, 7) is 0. The van der Waals surface area contributed by atoms with Gasteiger partial charge in [-0.3, -0.25) is 4.99 Å². The highest BCUT2D eigenvalue weighted by Crippen LogP contribution is 2.28. The van der Waals surface area contributed by atoms with E-state index in [2.05, 4.69) is 27.6 Å². The van der Waals surface area contributed by atoms with Crippen LogP contribution in [0.25, 0.3) is 0 Å². The second-order valence-corrected chi connectivity index (χ2v) is 4.88. The summed E-state index contributed by atoms with van der Waals surface area (Å²) in [6, 6.07) is 13.1. The highest BCUT2D eigenvalue weighted by Gasteiger charge is 2.04. The fourth-order valence-corrected chi connectivity index (χ4v) is 1.84. The minimum atomic E-state index is 0.106. The number of phenols is 1. The van der Waals surface area contributed by atoms with Crippen LogP contribution in [0, 0.1) is 3.57 Å². The highest BCUT2D eigenvalue weighted by atomic mass is 127. The van der Waals surface area contributed by atoms with Crippen molar-refractivity contribution in [2.45, 2.75) is 0 Å². The van der Waals surface area contributed by atoms with Crippen molar-refractivity contribution in [1.82, 2.24) is 0 Å². The molecule has 0 unspecified atom stereocenters. The second-order valence-electron chi connectivity index (χ2n) is 3.63. The highest BCUT2D eigenvalue weighted by molar-refractivity contribution is 14.1. The van der Waals surface area contributed by atoms with E-state index in [0.717, 1.165) is 9.26 Å². The standard InChI is InChI=1S/C14H12INO2/c1-18-13-4-2-3-10(14(13)17)9-16-12-7-5-11(15)6-8-12/h2-9,17H,1H3. The molecule has 0 bridgehead atoms. The van der Waals surface area contributed by atoms with Crippen molar-refractivity contribution in [2.75, 3.05) is 7.11 Å². The van der Waals surface area contributed by atoms with Crippen molar-refractivity contribution in [3.05, 3.63) is 51.6 Å². The van der Waals surface area contributed by atoms with Crippen LogP contribution < -0.4 is 4.74 Å². The molecule has 0 saturated heterocycles. The number of ether oxygens (including phenoxy) is 1. The number of benzene rings is 2. The monoisotopic (exact) mass is 353 g/mol. The predicted octanol–water partition coefficient (Wildman–Crippen LogP) is 3.76. The normalized spacial score (nSPS) is 10.8. The van der Waals surface area contributed by atoms with Gasteiger partial charge >= 0.3 is 0 Å². The zero-order chi connectivity index (χ0) is 13.0. The molecule has 3 nitrogen and oxygen atoms in total. The summed E-state index contributed by atoms with van der Waals surface area (Å²) in [7, 11) is 1.52. The van der Waals surface area contributed by atoms with Crippen LogP contribution in [0.2, 0.25) is 0 Å². The van der Waals surface area contributed by atoms with Crippen molar-refractivity contribution >= 4 is 34.5 Å². The molecular weight excluding hydrogens is 341 g/mol. The Hall–Kier alpha value is -1.56. The van der Waals surface area contributed by atoms with Crippen molar-refractivity contribution in [3.8, 4) is 11.5 Å². The van der Waals surface area contributed by atoms with Gasteiger partial charge in [-0.25, -0.2) is 0 Å². The fourth-order valence-electron chi connectivity index (χ4n) is 1.48. The van der Waals surface area contributed by atoms with E-state index in [1.165, 1.54) is 7.11 Å². The van der Waals surface area contributed by atoms with Crippen LogP contribution in [-0.4, -0.2) is 18.4 Å². The first-order chi connectivity index (χ1) is 8.70. The molecule has 0 heterocycles. The van der Waals surface area contributed by atoms with E-state index in [9.17, 15) is 5.11 Å². The molecule has 0 amide bonds. The number of aromatic hydroxyl groups is 1. The molecule has 4 heteroatoms. The number of phenolic OH excluding ortho intramolecular Hbond substituents is 1. The zero-order valence-electron chi connectivity index (χ0n) is 9.80. The van der Waals surface area contributed by atoms with Crippen molar-refractivity contribution in [3.63, 3.8) is 0 Å². The molecule has 1 N–H and O–H groups in total. The Morgan fingerprint density at radius 1 is 1.17 bits per heavy atom. The second kappa shape index (κ2) is 5.86. The third kappa shape index (κ3) is 3.01. The molecule has 0 aliphatic heterocycles. The zero-order valence-corrected chi connectivity index (χ0v) is 12.0. The van der Waals surface area contributed by atoms with Gasteiger partial charge in [0.05, 0.1) is 12.8 Å². The summed E-state index contributed by atoms with van der Waals surface area (Å²) < 4.78 is 6.20. The van der Waals surface area contributed by atoms with Crippen molar-refractivity contribution < 1.29 is 9.84 Å². The molecule has 0 aromatic heterocycles. The molecule has 0 fully saturated rings. The summed E-state index contributed by atoms with van der Waals surface area (Å²) in [5.74, 6) is 0.552. The lowest BCUT2D eigenvalue weighted by Crippen LogP contribution is -1.88. The summed E-state index contributed by atoms with van der Waals surface area (Å²) in [5.41, 5.74) is 1.48. The molecule has 0 atom stereocenters. The average molecular weight is 353 g/mol. The lowest BCUT2D eigenvalue weighted by molar-refractivity contribution is 0.373. The van der Waals surface area contributed by atoms with E-state index in [1.807, 2.05) is 30.3 Å². The Morgan fingerprint density at radius 2 is 1.89 bits per heavy atom. The molecule has 2 aromatic carbocycles. The van der Waals surface area contributed by atoms with Crippen LogP contribution in [0.4, 0.5) is 5.69 Å². The number of aliphatic imine (C=N–C) groups is 1. The summed E-state index contributed by atoms with van der Waals surface area (Å²) >= 11 is 2.24. The van der Waals surface area contributed by atoms with Gasteiger partial charge in [-0.1, -0.05) is 6.07 Å². The number of hydrogen-bond donors (Lipinski definition) is 1. The first kappa shape index (κ1) is 12.9. The van der Waals surface area contributed by atoms with Gasteiger partial charge in [0, 0.05) is 15.3 Å². The van der Waals surface area contributed by atoms with Crippen molar-refractivity contribution in [1.29, 1.82) is 0 Å². The van der Waals surface area contributed by atoms with Crippen LogP contribution in [-0.2, 0) is 0 Å². The molecular formula is C14H12INO2. The number of hydrogen-bond acceptors (Lipinski definition) is 3. The molecule has 0 saturated carbocycles. The van der Waals surface area contributed by atoms with E-state index >= 15 is 0 Å². The minimum Gasteiger partial charge on any atom is -0.504 e. The topological polar surface area (TPSA) is 41.8 Å². The maximum atomic E-state index is 9.89. The Labute approximate surface area is 119 Å². The summed E-state index contributed by atoms with van der Waals surface area (Å²) in [6.07, 6.45) is 1.63. The van der Waals surface area contributed by atoms with E-state index in [4.69, 9.17) is 4.74 Å². The first-order valence-corrected chi connectivity index (χ1v) is 6.44. The lowest BCUT2D eigenvalue weighted by Gasteiger charge is -2.04. The fraction of sp³-hybridized carbons (Fsp3) is 0.0714. The van der Waals surface area contributed by atoms with Crippen LogP contribution >= 0.6 is 22.6 Å². The van der Waals surface area contributed by atoms with Gasteiger partial charge in [0.1, 0.15) is 0 Å². The van der Waals surface area contributed by atoms with Crippen LogP contribution in [0.5, 0.6) is 11.5 Å². The Balaban J connectivity index is 2.26. The third-order valence-electron chi connectivity index (χ3n) is 2.43. The van der Waals surface area contributed by atoms with Gasteiger partial charge < -0.3 is 9.84 Å². The van der Waals surface area contributed by atoms with E-state index in [1.54, 1.807) is 18.3 Å². The lowest BCUT2D eigenvalue weighted by atomic mass is 10.2.